The van der Waals surface area contributed by atoms with Gasteiger partial charge in [-0.2, -0.15) is 13.2 Å². The zero-order valence-corrected chi connectivity index (χ0v) is 22.1. The monoisotopic (exact) mass is 567 g/mol. The van der Waals surface area contributed by atoms with Gasteiger partial charge in [-0.15, -0.1) is 0 Å². The molecule has 1 fully saturated rings. The molecule has 4 N–H and O–H groups in total. The molecule has 2 aromatic carbocycles. The predicted molar refractivity (Wildman–Crippen MR) is 149 cm³/mol. The van der Waals surface area contributed by atoms with Crippen LogP contribution in [0, 0.1) is 5.92 Å². The normalized spacial score (nSPS) is 14.6. The van der Waals surface area contributed by atoms with Crippen LogP contribution in [0.4, 0.5) is 35.2 Å². The van der Waals surface area contributed by atoms with Crippen LogP contribution < -0.4 is 26.5 Å². The Hall–Kier alpha value is -4.65. The van der Waals surface area contributed by atoms with Gasteiger partial charge in [0, 0.05) is 29.3 Å². The number of amides is 2. The van der Waals surface area contributed by atoms with Crippen molar-refractivity contribution in [2.75, 3.05) is 43.1 Å². The average Bonchev–Trinajstić information content (AvgIpc) is 2.93. The van der Waals surface area contributed by atoms with Gasteiger partial charge >= 0.3 is 12.2 Å². The van der Waals surface area contributed by atoms with Gasteiger partial charge in [0.2, 0.25) is 0 Å². The molecule has 0 atom stereocenters. The van der Waals surface area contributed by atoms with Crippen molar-refractivity contribution in [2.45, 2.75) is 19.0 Å². The Labute approximate surface area is 233 Å². The highest BCUT2D eigenvalue weighted by Crippen LogP contribution is 2.38. The molecular weight excluding hydrogens is 539 g/mol. The number of aromatic nitrogens is 3. The van der Waals surface area contributed by atoms with Crippen LogP contribution in [0.3, 0.4) is 0 Å². The van der Waals surface area contributed by atoms with Gasteiger partial charge in [-0.25, -0.2) is 14.8 Å². The van der Waals surface area contributed by atoms with Crippen molar-refractivity contribution in [3.8, 4) is 11.4 Å². The SMILES string of the molecule is CN1CCC(COc2ccc(NC(=O)Nc3ccc(-n4ccc(=O)c5c(N)ncnc54)cc3)cc2C(F)(F)F)CC1. The number of hydrogen-bond acceptors (Lipinski definition) is 7. The van der Waals surface area contributed by atoms with E-state index in [1.54, 1.807) is 35.0 Å². The molecule has 3 heterocycles. The first-order valence-electron chi connectivity index (χ1n) is 12.9. The van der Waals surface area contributed by atoms with Gasteiger partial charge in [-0.1, -0.05) is 0 Å². The van der Waals surface area contributed by atoms with E-state index in [0.29, 0.717) is 17.0 Å². The number of alkyl halides is 3. The number of anilines is 3. The Morgan fingerprint density at radius 3 is 2.44 bits per heavy atom. The topological polar surface area (TPSA) is 127 Å². The summed E-state index contributed by atoms with van der Waals surface area (Å²) >= 11 is 0. The minimum Gasteiger partial charge on any atom is -0.493 e. The predicted octanol–water partition coefficient (Wildman–Crippen LogP) is 4.75. The molecule has 0 spiro atoms. The van der Waals surface area contributed by atoms with Crippen molar-refractivity contribution in [3.63, 3.8) is 0 Å². The molecule has 13 heteroatoms. The molecule has 0 bridgehead atoms. The quantitative estimate of drug-likeness (QED) is 0.307. The Kier molecular flexibility index (Phi) is 7.79. The van der Waals surface area contributed by atoms with Crippen LogP contribution >= 0.6 is 0 Å². The number of carbonyl (C=O) groups is 1. The van der Waals surface area contributed by atoms with Crippen LogP contribution in [-0.4, -0.2) is 52.2 Å². The molecule has 1 aliphatic heterocycles. The van der Waals surface area contributed by atoms with Crippen LogP contribution in [0.5, 0.6) is 5.75 Å². The summed E-state index contributed by atoms with van der Waals surface area (Å²) in [5.41, 5.74) is 5.89. The standard InChI is InChI=1S/C28H28F3N7O3/c1-37-11-8-17(9-12-37)15-41-23-7-4-19(14-21(23)28(29,30)31)36-27(40)35-18-2-5-20(6-3-18)38-13-10-22(39)24-25(32)33-16-34-26(24)38/h2-7,10,13-14,16-17H,8-9,11-12,15H2,1H3,(H2,32,33,34)(H2,35,36,40). The fourth-order valence-corrected chi connectivity index (χ4v) is 4.70. The number of fused-ring (bicyclic) bond motifs is 1. The number of piperidine rings is 1. The number of ether oxygens (including phenoxy) is 1. The second-order valence-corrected chi connectivity index (χ2v) is 9.90. The van der Waals surface area contributed by atoms with Crippen LogP contribution in [0.25, 0.3) is 16.7 Å². The maximum absolute atomic E-state index is 13.8. The average molecular weight is 568 g/mol. The molecular formula is C28H28F3N7O3. The summed E-state index contributed by atoms with van der Waals surface area (Å²) in [7, 11) is 2.01. The number of rotatable bonds is 6. The Morgan fingerprint density at radius 2 is 1.73 bits per heavy atom. The van der Waals surface area contributed by atoms with Crippen molar-refractivity contribution in [1.82, 2.24) is 19.4 Å². The molecule has 0 aliphatic carbocycles. The number of halogens is 3. The maximum Gasteiger partial charge on any atom is 0.420 e. The molecule has 0 saturated carbocycles. The number of carbonyl (C=O) groups excluding carboxylic acids is 1. The fourth-order valence-electron chi connectivity index (χ4n) is 4.70. The highest BCUT2D eigenvalue weighted by Gasteiger charge is 2.35. The molecule has 5 rings (SSSR count). The molecule has 10 nitrogen and oxygen atoms in total. The van der Waals surface area contributed by atoms with E-state index in [2.05, 4.69) is 25.5 Å². The lowest BCUT2D eigenvalue weighted by atomic mass is 9.98. The van der Waals surface area contributed by atoms with E-state index in [0.717, 1.165) is 32.0 Å². The number of nitrogens with zero attached hydrogens (tertiary/aromatic N) is 4. The van der Waals surface area contributed by atoms with Crippen LogP contribution in [0.1, 0.15) is 18.4 Å². The molecule has 2 amide bonds. The molecule has 1 saturated heterocycles. The van der Waals surface area contributed by atoms with Gasteiger partial charge in [-0.3, -0.25) is 4.79 Å². The van der Waals surface area contributed by atoms with E-state index in [-0.39, 0.29) is 40.6 Å². The van der Waals surface area contributed by atoms with Crippen LogP contribution in [-0.2, 0) is 6.18 Å². The minimum absolute atomic E-state index is 0.0323. The van der Waals surface area contributed by atoms with Gasteiger partial charge in [-0.05, 0) is 81.4 Å². The number of nitrogen functional groups attached to an aromatic ring is 1. The van der Waals surface area contributed by atoms with Gasteiger partial charge in [0.1, 0.15) is 23.3 Å². The summed E-state index contributed by atoms with van der Waals surface area (Å²) < 4.78 is 48.6. The highest BCUT2D eigenvalue weighted by atomic mass is 19.4. The lowest BCUT2D eigenvalue weighted by molar-refractivity contribution is -0.139. The molecule has 0 radical (unpaired) electrons. The molecule has 1 aliphatic rings. The number of nitrogens with two attached hydrogens (primary N) is 1. The van der Waals surface area contributed by atoms with E-state index in [1.165, 1.54) is 24.5 Å². The summed E-state index contributed by atoms with van der Waals surface area (Å²) in [6.45, 7) is 1.97. The number of likely N-dealkylation sites (tertiary alicyclic amines) is 1. The Balaban J connectivity index is 1.26. The molecule has 41 heavy (non-hydrogen) atoms. The third kappa shape index (κ3) is 6.40. The van der Waals surface area contributed by atoms with Gasteiger partial charge < -0.3 is 30.6 Å². The zero-order valence-electron chi connectivity index (χ0n) is 22.1. The van der Waals surface area contributed by atoms with Crippen molar-refractivity contribution >= 4 is 34.3 Å². The van der Waals surface area contributed by atoms with Gasteiger partial charge in [0.15, 0.2) is 11.1 Å². The fraction of sp³-hybridized carbons (Fsp3) is 0.286. The number of pyridine rings is 1. The Morgan fingerprint density at radius 1 is 1.05 bits per heavy atom. The summed E-state index contributed by atoms with van der Waals surface area (Å²) in [6, 6.07) is 10.6. The lowest BCUT2D eigenvalue weighted by Gasteiger charge is -2.29. The number of benzene rings is 2. The van der Waals surface area contributed by atoms with E-state index in [1.807, 2.05) is 7.05 Å². The molecule has 4 aromatic rings. The van der Waals surface area contributed by atoms with Crippen LogP contribution in [0.15, 0.2) is 65.8 Å². The summed E-state index contributed by atoms with van der Waals surface area (Å²) in [4.78, 5) is 35.0. The first kappa shape index (κ1) is 27.9. The molecule has 0 unspecified atom stereocenters. The first-order chi connectivity index (χ1) is 19.6. The summed E-state index contributed by atoms with van der Waals surface area (Å²) in [5.74, 6) is -0.00768. The summed E-state index contributed by atoms with van der Waals surface area (Å²) in [5, 5.41) is 5.23. The first-order valence-corrected chi connectivity index (χ1v) is 12.9. The van der Waals surface area contributed by atoms with Gasteiger partial charge in [0.25, 0.3) is 0 Å². The van der Waals surface area contributed by atoms with E-state index in [4.69, 9.17) is 10.5 Å². The smallest absolute Gasteiger partial charge is 0.420 e. The maximum atomic E-state index is 13.8. The number of urea groups is 1. The highest BCUT2D eigenvalue weighted by molar-refractivity contribution is 6.00. The van der Waals surface area contributed by atoms with Crippen molar-refractivity contribution in [2.24, 2.45) is 5.92 Å². The Bertz CT molecular complexity index is 1620. The lowest BCUT2D eigenvalue weighted by Crippen LogP contribution is -2.32. The van der Waals surface area contributed by atoms with Crippen molar-refractivity contribution < 1.29 is 22.7 Å². The van der Waals surface area contributed by atoms with Crippen molar-refractivity contribution in [3.05, 3.63) is 76.8 Å². The zero-order chi connectivity index (χ0) is 29.1. The third-order valence-electron chi connectivity index (χ3n) is 6.97. The van der Waals surface area contributed by atoms with Gasteiger partial charge in [0.05, 0.1) is 12.2 Å². The third-order valence-corrected chi connectivity index (χ3v) is 6.97. The minimum atomic E-state index is -4.66. The second-order valence-electron chi connectivity index (χ2n) is 9.90. The van der Waals surface area contributed by atoms with Crippen molar-refractivity contribution in [1.29, 1.82) is 0 Å². The van der Waals surface area contributed by atoms with E-state index in [9.17, 15) is 22.8 Å². The number of nitrogens with one attached hydrogen (secondary N) is 2. The number of hydrogen-bond donors (Lipinski definition) is 3. The molecule has 214 valence electrons. The van der Waals surface area contributed by atoms with E-state index >= 15 is 0 Å². The second kappa shape index (κ2) is 11.5. The molecule has 2 aromatic heterocycles. The summed E-state index contributed by atoms with van der Waals surface area (Å²) in [6.07, 6.45) is -0.126. The van der Waals surface area contributed by atoms with Crippen LogP contribution in [0.2, 0.25) is 0 Å². The largest absolute Gasteiger partial charge is 0.493 e. The van der Waals surface area contributed by atoms with E-state index < -0.39 is 17.8 Å².